The number of nitrogens with one attached hydrogen (secondary N) is 1. The largest absolute Gasteiger partial charge is 0.397 e. The van der Waals surface area contributed by atoms with E-state index in [9.17, 15) is 13.6 Å². The van der Waals surface area contributed by atoms with Gasteiger partial charge in [0.2, 0.25) is 5.91 Å². The minimum atomic E-state index is -0.740. The Morgan fingerprint density at radius 3 is 2.71 bits per heavy atom. The van der Waals surface area contributed by atoms with Gasteiger partial charge in [-0.15, -0.1) is 0 Å². The summed E-state index contributed by atoms with van der Waals surface area (Å²) in [6.07, 6.45) is 4.71. The first-order valence-corrected chi connectivity index (χ1v) is 12.6. The molecule has 2 aliphatic rings. The van der Waals surface area contributed by atoms with Gasteiger partial charge in [0.25, 0.3) is 0 Å². The van der Waals surface area contributed by atoms with Crippen LogP contribution in [0.3, 0.4) is 0 Å². The molecule has 2 aliphatic heterocycles. The van der Waals surface area contributed by atoms with Gasteiger partial charge in [0, 0.05) is 79.8 Å². The van der Waals surface area contributed by atoms with E-state index in [1.165, 1.54) is 6.07 Å². The zero-order chi connectivity index (χ0) is 26.4. The molecule has 0 aliphatic carbocycles. The number of hydrogen-bond acceptors (Lipinski definition) is 7. The van der Waals surface area contributed by atoms with Gasteiger partial charge < -0.3 is 16.0 Å². The second-order valence-corrected chi connectivity index (χ2v) is 9.94. The molecule has 0 bridgehead atoms. The van der Waals surface area contributed by atoms with E-state index in [1.54, 1.807) is 29.3 Å². The molecule has 11 heteroatoms. The number of nitrogen functional groups attached to an aromatic ring is 1. The Balaban J connectivity index is 1.18. The van der Waals surface area contributed by atoms with Crippen molar-refractivity contribution in [3.8, 4) is 11.1 Å². The summed E-state index contributed by atoms with van der Waals surface area (Å²) in [7, 11) is 0. The van der Waals surface area contributed by atoms with Crippen LogP contribution in [0, 0.1) is 12.7 Å². The van der Waals surface area contributed by atoms with Crippen molar-refractivity contribution in [1.29, 1.82) is 0 Å². The van der Waals surface area contributed by atoms with Gasteiger partial charge in [0.1, 0.15) is 24.4 Å². The Kier molecular flexibility index (Phi) is 6.15. The number of amides is 1. The van der Waals surface area contributed by atoms with Gasteiger partial charge in [-0.2, -0.15) is 5.10 Å². The quantitative estimate of drug-likeness (QED) is 0.404. The molecule has 0 spiro atoms. The lowest BCUT2D eigenvalue weighted by atomic mass is 9.99. The summed E-state index contributed by atoms with van der Waals surface area (Å²) in [5.41, 5.74) is 9.27. The molecule has 9 nitrogen and oxygen atoms in total. The maximum atomic E-state index is 14.9. The van der Waals surface area contributed by atoms with Crippen molar-refractivity contribution in [2.75, 3.05) is 43.8 Å². The van der Waals surface area contributed by atoms with Crippen molar-refractivity contribution < 1.29 is 13.6 Å². The third-order valence-electron chi connectivity index (χ3n) is 7.35. The number of alkyl halides is 1. The number of benzene rings is 1. The smallest absolute Gasteiger partial charge is 0.244 e. The Labute approximate surface area is 218 Å². The van der Waals surface area contributed by atoms with Crippen LogP contribution in [0.4, 0.5) is 26.1 Å². The molecular formula is C27H28F2N8O. The summed E-state index contributed by atoms with van der Waals surface area (Å²) in [4.78, 5) is 25.2. The van der Waals surface area contributed by atoms with Crippen LogP contribution >= 0.6 is 0 Å². The summed E-state index contributed by atoms with van der Waals surface area (Å²) in [5.74, 6) is 0.768. The van der Waals surface area contributed by atoms with Crippen LogP contribution in [0.5, 0.6) is 0 Å². The van der Waals surface area contributed by atoms with Gasteiger partial charge in [0.05, 0.1) is 11.9 Å². The SMILES string of the molecule is Cc1c(N)cncc1-c1cc2cc(Nc3cc4n(n3)CC(=O)N(CCN3CC(F)C3)CC4)ncc2cc1F. The van der Waals surface area contributed by atoms with Gasteiger partial charge in [0.15, 0.2) is 5.82 Å². The lowest BCUT2D eigenvalue weighted by molar-refractivity contribution is -0.132. The van der Waals surface area contributed by atoms with Crippen LogP contribution in [0.15, 0.2) is 42.9 Å². The van der Waals surface area contributed by atoms with Gasteiger partial charge >= 0.3 is 0 Å². The summed E-state index contributed by atoms with van der Waals surface area (Å²) >= 11 is 0. The molecule has 4 aromatic rings. The highest BCUT2D eigenvalue weighted by Gasteiger charge is 2.28. The first-order valence-electron chi connectivity index (χ1n) is 12.6. The first-order chi connectivity index (χ1) is 18.3. The van der Waals surface area contributed by atoms with Crippen molar-refractivity contribution in [2.24, 2.45) is 0 Å². The van der Waals surface area contributed by atoms with Crippen molar-refractivity contribution in [2.45, 2.75) is 26.1 Å². The lowest BCUT2D eigenvalue weighted by Crippen LogP contribution is -2.51. The standard InChI is InChI=1S/C27H28F2N8O/c1-16-22(11-31-12-24(16)30)21-6-17-8-25(32-10-18(17)7-23(21)29)33-26-9-20-2-3-36(27(38)15-37(20)34-26)5-4-35-13-19(28)14-35/h6-12,19H,2-5,13-15,30H2,1H3,(H,32,33,34). The van der Waals surface area contributed by atoms with Crippen molar-refractivity contribution in [1.82, 2.24) is 29.5 Å². The molecule has 3 aromatic heterocycles. The third kappa shape index (κ3) is 4.65. The van der Waals surface area contributed by atoms with Gasteiger partial charge in [-0.05, 0) is 36.1 Å². The molecule has 0 radical (unpaired) electrons. The minimum Gasteiger partial charge on any atom is -0.397 e. The van der Waals surface area contributed by atoms with Crippen LogP contribution in [0.1, 0.15) is 11.3 Å². The molecule has 38 heavy (non-hydrogen) atoms. The molecule has 1 fully saturated rings. The number of rotatable bonds is 6. The van der Waals surface area contributed by atoms with E-state index in [2.05, 4.69) is 20.4 Å². The molecule has 0 unspecified atom stereocenters. The number of carbonyl (C=O) groups is 1. The highest BCUT2D eigenvalue weighted by molar-refractivity contribution is 5.90. The minimum absolute atomic E-state index is 0.000407. The Morgan fingerprint density at radius 1 is 1.05 bits per heavy atom. The summed E-state index contributed by atoms with van der Waals surface area (Å²) < 4.78 is 29.7. The molecule has 3 N–H and O–H groups in total. The van der Waals surface area contributed by atoms with Crippen LogP contribution < -0.4 is 11.1 Å². The van der Waals surface area contributed by atoms with Crippen LogP contribution in [0.2, 0.25) is 0 Å². The number of aromatic nitrogens is 4. The van der Waals surface area contributed by atoms with E-state index in [1.807, 2.05) is 28.9 Å². The molecule has 6 rings (SSSR count). The maximum absolute atomic E-state index is 14.9. The molecule has 0 saturated carbocycles. The zero-order valence-electron chi connectivity index (χ0n) is 21.0. The highest BCUT2D eigenvalue weighted by Crippen LogP contribution is 2.32. The fraction of sp³-hybridized carbons (Fsp3) is 0.333. The molecule has 1 saturated heterocycles. The van der Waals surface area contributed by atoms with E-state index in [4.69, 9.17) is 5.73 Å². The lowest BCUT2D eigenvalue weighted by Gasteiger charge is -2.35. The number of pyridine rings is 2. The van der Waals surface area contributed by atoms with Crippen molar-refractivity contribution >= 4 is 34.0 Å². The van der Waals surface area contributed by atoms with Crippen LogP contribution in [0.25, 0.3) is 21.9 Å². The average molecular weight is 519 g/mol. The monoisotopic (exact) mass is 518 g/mol. The number of carbonyl (C=O) groups excluding carboxylic acids is 1. The van der Waals surface area contributed by atoms with E-state index < -0.39 is 6.17 Å². The number of nitrogens with two attached hydrogens (primary N) is 1. The number of fused-ring (bicyclic) bond motifs is 2. The number of hydrogen-bond donors (Lipinski definition) is 2. The Hall–Kier alpha value is -4.12. The molecular weight excluding hydrogens is 490 g/mol. The fourth-order valence-corrected chi connectivity index (χ4v) is 5.03. The number of likely N-dealkylation sites (tertiary alicyclic amines) is 1. The molecule has 5 heterocycles. The second-order valence-electron chi connectivity index (χ2n) is 9.94. The third-order valence-corrected chi connectivity index (χ3v) is 7.35. The average Bonchev–Trinajstić information content (AvgIpc) is 3.17. The topological polar surface area (TPSA) is 105 Å². The van der Waals surface area contributed by atoms with Gasteiger partial charge in [-0.3, -0.25) is 19.4 Å². The van der Waals surface area contributed by atoms with Gasteiger partial charge in [-0.1, -0.05) is 0 Å². The Morgan fingerprint density at radius 2 is 1.89 bits per heavy atom. The predicted octanol–water partition coefficient (Wildman–Crippen LogP) is 3.31. The number of anilines is 3. The van der Waals surface area contributed by atoms with E-state index >= 15 is 0 Å². The molecule has 0 atom stereocenters. The van der Waals surface area contributed by atoms with Gasteiger partial charge in [-0.25, -0.2) is 13.8 Å². The number of nitrogens with zero attached hydrogens (tertiary/aromatic N) is 6. The van der Waals surface area contributed by atoms with Crippen molar-refractivity contribution in [3.05, 3.63) is 59.9 Å². The van der Waals surface area contributed by atoms with Crippen LogP contribution in [-0.2, 0) is 17.8 Å². The normalized spacial score (nSPS) is 16.4. The molecule has 1 amide bonds. The van der Waals surface area contributed by atoms with E-state index in [0.717, 1.165) is 16.6 Å². The molecule has 196 valence electrons. The second kappa shape index (κ2) is 9.64. The predicted molar refractivity (Wildman–Crippen MR) is 141 cm³/mol. The molecule has 1 aromatic carbocycles. The maximum Gasteiger partial charge on any atom is 0.244 e. The first kappa shape index (κ1) is 24.2. The van der Waals surface area contributed by atoms with Crippen molar-refractivity contribution in [3.63, 3.8) is 0 Å². The summed E-state index contributed by atoms with van der Waals surface area (Å²) in [6, 6.07) is 6.98. The zero-order valence-corrected chi connectivity index (χ0v) is 21.0. The highest BCUT2D eigenvalue weighted by atomic mass is 19.1. The van der Waals surface area contributed by atoms with E-state index in [0.29, 0.717) is 73.0 Å². The Bertz CT molecular complexity index is 1530. The van der Waals surface area contributed by atoms with E-state index in [-0.39, 0.29) is 18.3 Å². The van der Waals surface area contributed by atoms with Crippen LogP contribution in [-0.4, -0.2) is 74.4 Å². The number of halogens is 2. The fourth-order valence-electron chi connectivity index (χ4n) is 5.03. The summed E-state index contributed by atoms with van der Waals surface area (Å²) in [5, 5.41) is 9.26. The summed E-state index contributed by atoms with van der Waals surface area (Å²) in [6.45, 7) is 4.78.